The molecule has 1 fully saturated rings. The van der Waals surface area contributed by atoms with Crippen LogP contribution in [0, 0.1) is 5.92 Å². The van der Waals surface area contributed by atoms with E-state index in [0.717, 1.165) is 18.7 Å². The highest BCUT2D eigenvalue weighted by molar-refractivity contribution is 5.98. The maximum atomic E-state index is 13.4. The average Bonchev–Trinajstić information content (AvgIpc) is 2.77. The van der Waals surface area contributed by atoms with E-state index in [9.17, 15) is 9.90 Å². The first-order valence-corrected chi connectivity index (χ1v) is 9.91. The number of rotatable bonds is 5. The van der Waals surface area contributed by atoms with E-state index < -0.39 is 11.5 Å². The van der Waals surface area contributed by atoms with Crippen molar-refractivity contribution < 1.29 is 14.8 Å². The number of nitrogens with one attached hydrogen (secondary N) is 1. The summed E-state index contributed by atoms with van der Waals surface area (Å²) in [6.07, 6.45) is 0.572. The maximum Gasteiger partial charge on any atom is 0.174 e. The first-order chi connectivity index (χ1) is 13.7. The molecule has 3 aromatic carbocycles. The third-order valence-corrected chi connectivity index (χ3v) is 5.87. The molecule has 1 aliphatic rings. The van der Waals surface area contributed by atoms with Gasteiger partial charge in [0.2, 0.25) is 0 Å². The van der Waals surface area contributed by atoms with Gasteiger partial charge >= 0.3 is 0 Å². The predicted octanol–water partition coefficient (Wildman–Crippen LogP) is 2.86. The Morgan fingerprint density at radius 3 is 2.11 bits per heavy atom. The number of piperidine rings is 1. The molecular weight excluding hydrogens is 346 g/mol. The van der Waals surface area contributed by atoms with Crippen LogP contribution in [0.1, 0.15) is 27.9 Å². The molecular formula is C25H26NO2+. The molecule has 0 spiro atoms. The zero-order valence-electron chi connectivity index (χ0n) is 15.9. The molecule has 0 aromatic heterocycles. The minimum Gasteiger partial charge on any atom is -0.384 e. The highest BCUT2D eigenvalue weighted by Gasteiger charge is 2.48. The minimum atomic E-state index is -1.13. The normalized spacial score (nSPS) is 24.6. The highest BCUT2D eigenvalue weighted by atomic mass is 16.3. The van der Waals surface area contributed by atoms with E-state index in [1.54, 1.807) is 0 Å². The quantitative estimate of drug-likeness (QED) is 0.677. The van der Waals surface area contributed by atoms with Crippen molar-refractivity contribution in [2.24, 2.45) is 5.92 Å². The number of ketones is 1. The summed E-state index contributed by atoms with van der Waals surface area (Å²) in [6.45, 7) is 2.32. The highest BCUT2D eigenvalue weighted by Crippen LogP contribution is 2.36. The Labute approximate surface area is 166 Å². The van der Waals surface area contributed by atoms with Gasteiger partial charge in [0, 0.05) is 17.5 Å². The van der Waals surface area contributed by atoms with Gasteiger partial charge in [-0.15, -0.1) is 0 Å². The number of aliphatic hydroxyl groups is 1. The fourth-order valence-corrected chi connectivity index (χ4v) is 4.33. The number of quaternary nitrogens is 1. The van der Waals surface area contributed by atoms with Crippen LogP contribution in [-0.4, -0.2) is 24.0 Å². The van der Waals surface area contributed by atoms with E-state index in [1.807, 2.05) is 78.9 Å². The van der Waals surface area contributed by atoms with Crippen LogP contribution in [0.2, 0.25) is 0 Å². The molecule has 1 heterocycles. The Hall–Kier alpha value is -2.75. The predicted molar refractivity (Wildman–Crippen MR) is 110 cm³/mol. The van der Waals surface area contributed by atoms with Crippen LogP contribution in [0.3, 0.4) is 0 Å². The first kappa shape index (κ1) is 18.6. The van der Waals surface area contributed by atoms with Crippen molar-refractivity contribution in [1.82, 2.24) is 0 Å². The molecule has 3 aromatic rings. The Morgan fingerprint density at radius 2 is 1.46 bits per heavy atom. The van der Waals surface area contributed by atoms with Crippen LogP contribution < -0.4 is 4.90 Å². The van der Waals surface area contributed by atoms with Crippen molar-refractivity contribution >= 4 is 5.78 Å². The number of carbonyl (C=O) groups excluding carboxylic acids is 1. The van der Waals surface area contributed by atoms with E-state index in [4.69, 9.17) is 0 Å². The third kappa shape index (κ3) is 3.77. The number of hydrogen-bond acceptors (Lipinski definition) is 2. The third-order valence-electron chi connectivity index (χ3n) is 5.87. The molecule has 0 amide bonds. The van der Waals surface area contributed by atoms with Gasteiger partial charge in [-0.25, -0.2) is 0 Å². The molecule has 1 aliphatic heterocycles. The summed E-state index contributed by atoms with van der Waals surface area (Å²) in [6, 6.07) is 29.4. The SMILES string of the molecule is O=C(c1ccccc1)[C@@H]1C[NH+](Cc2ccccc2)CC[C@]1(O)c1ccccc1. The van der Waals surface area contributed by atoms with Crippen molar-refractivity contribution in [2.75, 3.05) is 13.1 Å². The van der Waals surface area contributed by atoms with Crippen LogP contribution in [0.4, 0.5) is 0 Å². The second-order valence-electron chi connectivity index (χ2n) is 7.69. The summed E-state index contributed by atoms with van der Waals surface area (Å²) in [4.78, 5) is 14.7. The molecule has 3 atom stereocenters. The standard InChI is InChI=1S/C25H25NO2/c27-24(21-12-6-2-7-13-21)23-19-26(18-20-10-4-1-5-11-20)17-16-25(23,28)22-14-8-3-9-15-22/h1-15,23,28H,16-19H2/p+1/t23-,25-/m0/s1. The lowest BCUT2D eigenvalue weighted by Crippen LogP contribution is -3.13. The van der Waals surface area contributed by atoms with Crippen LogP contribution in [-0.2, 0) is 12.1 Å². The number of likely N-dealkylation sites (tertiary alicyclic amines) is 1. The minimum absolute atomic E-state index is 0.0252. The molecule has 142 valence electrons. The molecule has 3 nitrogen and oxygen atoms in total. The lowest BCUT2D eigenvalue weighted by Gasteiger charge is -2.42. The first-order valence-electron chi connectivity index (χ1n) is 9.91. The lowest BCUT2D eigenvalue weighted by molar-refractivity contribution is -0.924. The molecule has 1 unspecified atom stereocenters. The number of Topliss-reactive ketones (excluding diaryl/α,β-unsaturated/α-hetero) is 1. The smallest absolute Gasteiger partial charge is 0.174 e. The lowest BCUT2D eigenvalue weighted by atomic mass is 9.72. The largest absolute Gasteiger partial charge is 0.384 e. The van der Waals surface area contributed by atoms with Crippen molar-refractivity contribution in [2.45, 2.75) is 18.6 Å². The fraction of sp³-hybridized carbons (Fsp3) is 0.240. The van der Waals surface area contributed by atoms with Crippen LogP contribution in [0.5, 0.6) is 0 Å². The van der Waals surface area contributed by atoms with Gasteiger partial charge < -0.3 is 10.0 Å². The van der Waals surface area contributed by atoms with E-state index >= 15 is 0 Å². The van der Waals surface area contributed by atoms with Gasteiger partial charge in [0.25, 0.3) is 0 Å². The van der Waals surface area contributed by atoms with Crippen molar-refractivity contribution in [3.8, 4) is 0 Å². The Morgan fingerprint density at radius 1 is 0.893 bits per heavy atom. The molecule has 4 rings (SSSR count). The van der Waals surface area contributed by atoms with Crippen LogP contribution >= 0.6 is 0 Å². The summed E-state index contributed by atoms with van der Waals surface area (Å²) in [5.74, 6) is -0.443. The van der Waals surface area contributed by atoms with Crippen molar-refractivity contribution in [3.05, 3.63) is 108 Å². The monoisotopic (exact) mass is 372 g/mol. The van der Waals surface area contributed by atoms with Crippen molar-refractivity contribution in [1.29, 1.82) is 0 Å². The van der Waals surface area contributed by atoms with Crippen LogP contribution in [0.25, 0.3) is 0 Å². The van der Waals surface area contributed by atoms with Crippen LogP contribution in [0.15, 0.2) is 91.0 Å². The molecule has 0 bridgehead atoms. The van der Waals surface area contributed by atoms with Gasteiger partial charge in [0.1, 0.15) is 18.1 Å². The molecule has 1 saturated heterocycles. The van der Waals surface area contributed by atoms with Gasteiger partial charge in [-0.2, -0.15) is 0 Å². The molecule has 3 heteroatoms. The van der Waals surface area contributed by atoms with E-state index in [-0.39, 0.29) is 5.78 Å². The summed E-state index contributed by atoms with van der Waals surface area (Å²) in [5.41, 5.74) is 1.63. The number of hydrogen-bond donors (Lipinski definition) is 2. The van der Waals surface area contributed by atoms with E-state index in [2.05, 4.69) is 12.1 Å². The average molecular weight is 372 g/mol. The maximum absolute atomic E-state index is 13.4. The second kappa shape index (κ2) is 8.09. The van der Waals surface area contributed by atoms with E-state index in [1.165, 1.54) is 10.5 Å². The number of carbonyl (C=O) groups is 1. The fourth-order valence-electron chi connectivity index (χ4n) is 4.33. The Bertz CT molecular complexity index is 911. The second-order valence-corrected chi connectivity index (χ2v) is 7.69. The zero-order chi connectivity index (χ0) is 19.4. The summed E-state index contributed by atoms with van der Waals surface area (Å²) >= 11 is 0. The molecule has 28 heavy (non-hydrogen) atoms. The topological polar surface area (TPSA) is 41.7 Å². The van der Waals surface area contributed by atoms with Gasteiger partial charge in [0.05, 0.1) is 13.1 Å². The van der Waals surface area contributed by atoms with Gasteiger partial charge in [-0.1, -0.05) is 91.0 Å². The Kier molecular flexibility index (Phi) is 5.38. The molecule has 0 radical (unpaired) electrons. The molecule has 0 aliphatic carbocycles. The summed E-state index contributed by atoms with van der Waals surface area (Å²) < 4.78 is 0. The summed E-state index contributed by atoms with van der Waals surface area (Å²) in [7, 11) is 0. The van der Waals surface area contributed by atoms with Gasteiger partial charge in [0.15, 0.2) is 5.78 Å². The van der Waals surface area contributed by atoms with Gasteiger partial charge in [-0.05, 0) is 5.56 Å². The van der Waals surface area contributed by atoms with Gasteiger partial charge in [-0.3, -0.25) is 4.79 Å². The number of benzene rings is 3. The zero-order valence-corrected chi connectivity index (χ0v) is 15.9. The Balaban J connectivity index is 1.65. The summed E-state index contributed by atoms with van der Waals surface area (Å²) in [5, 5.41) is 11.7. The molecule has 2 N–H and O–H groups in total. The molecule has 0 saturated carbocycles. The van der Waals surface area contributed by atoms with E-state index in [0.29, 0.717) is 18.5 Å². The van der Waals surface area contributed by atoms with Crippen molar-refractivity contribution in [3.63, 3.8) is 0 Å².